The molecule has 1 aromatic rings. The van der Waals surface area contributed by atoms with Crippen molar-refractivity contribution in [2.75, 3.05) is 27.3 Å². The minimum atomic E-state index is -0.780. The predicted octanol–water partition coefficient (Wildman–Crippen LogP) is 2.32. The molecular weight excluding hydrogens is 258 g/mol. The zero-order valence-electron chi connectivity index (χ0n) is 12.0. The summed E-state index contributed by atoms with van der Waals surface area (Å²) in [5.41, 5.74) is 1.09. The number of hydrogen-bond acceptors (Lipinski definition) is 4. The Labute approximate surface area is 119 Å². The van der Waals surface area contributed by atoms with Crippen molar-refractivity contribution < 1.29 is 19.4 Å². The van der Waals surface area contributed by atoms with Gasteiger partial charge < -0.3 is 14.6 Å². The van der Waals surface area contributed by atoms with Gasteiger partial charge in [-0.3, -0.25) is 9.69 Å². The molecule has 1 atom stereocenters. The van der Waals surface area contributed by atoms with Crippen LogP contribution in [0.3, 0.4) is 0 Å². The molecule has 0 saturated carbocycles. The van der Waals surface area contributed by atoms with Gasteiger partial charge in [0.1, 0.15) is 0 Å². The number of carboxylic acid groups (broad SMARTS) is 1. The van der Waals surface area contributed by atoms with Crippen LogP contribution in [0.2, 0.25) is 0 Å². The summed E-state index contributed by atoms with van der Waals surface area (Å²) >= 11 is 0. The third-order valence-electron chi connectivity index (χ3n) is 3.74. The van der Waals surface area contributed by atoms with Crippen LogP contribution >= 0.6 is 0 Å². The van der Waals surface area contributed by atoms with E-state index < -0.39 is 5.97 Å². The molecule has 20 heavy (non-hydrogen) atoms. The number of rotatable bonds is 5. The predicted molar refractivity (Wildman–Crippen MR) is 75.3 cm³/mol. The second kappa shape index (κ2) is 6.61. The summed E-state index contributed by atoms with van der Waals surface area (Å²) in [5.74, 6) is 0.597. The highest BCUT2D eigenvalue weighted by molar-refractivity contribution is 5.69. The highest BCUT2D eigenvalue weighted by Gasteiger charge is 2.26. The Morgan fingerprint density at radius 2 is 2.05 bits per heavy atom. The fourth-order valence-electron chi connectivity index (χ4n) is 2.79. The third kappa shape index (κ3) is 3.22. The monoisotopic (exact) mass is 279 g/mol. The molecule has 1 fully saturated rings. The van der Waals surface area contributed by atoms with Crippen LogP contribution in [0.1, 0.15) is 30.9 Å². The number of nitrogens with zero attached hydrogens (tertiary/aromatic N) is 1. The van der Waals surface area contributed by atoms with E-state index >= 15 is 0 Å². The molecule has 1 N–H and O–H groups in total. The van der Waals surface area contributed by atoms with Crippen molar-refractivity contribution in [3.05, 3.63) is 23.8 Å². The van der Waals surface area contributed by atoms with Crippen molar-refractivity contribution in [3.63, 3.8) is 0 Å². The molecule has 1 aliphatic heterocycles. The highest BCUT2D eigenvalue weighted by atomic mass is 16.5. The van der Waals surface area contributed by atoms with Crippen LogP contribution in [0.5, 0.6) is 11.5 Å². The van der Waals surface area contributed by atoms with Crippen LogP contribution in [0.15, 0.2) is 18.2 Å². The van der Waals surface area contributed by atoms with Crippen LogP contribution in [0.4, 0.5) is 0 Å². The molecular formula is C15H21NO4. The summed E-state index contributed by atoms with van der Waals surface area (Å²) in [4.78, 5) is 13.0. The average Bonchev–Trinajstić information content (AvgIpc) is 2.46. The summed E-state index contributed by atoms with van der Waals surface area (Å²) in [6.45, 7) is 0.907. The van der Waals surface area contributed by atoms with Gasteiger partial charge in [-0.1, -0.05) is 12.5 Å². The summed E-state index contributed by atoms with van der Waals surface area (Å²) in [5, 5.41) is 9.03. The standard InChI is InChI=1S/C15H21NO4/c1-19-13-7-6-11(9-14(13)20-2)12-5-3-4-8-16(12)10-15(17)18/h6-7,9,12H,3-5,8,10H2,1-2H3,(H,17,18). The Morgan fingerprint density at radius 3 is 2.70 bits per heavy atom. The van der Waals surface area contributed by atoms with Gasteiger partial charge in [-0.15, -0.1) is 0 Å². The minimum Gasteiger partial charge on any atom is -0.493 e. The number of methoxy groups -OCH3 is 2. The molecule has 1 heterocycles. The average molecular weight is 279 g/mol. The van der Waals surface area contributed by atoms with E-state index in [-0.39, 0.29) is 12.6 Å². The van der Waals surface area contributed by atoms with Crippen molar-refractivity contribution in [2.45, 2.75) is 25.3 Å². The van der Waals surface area contributed by atoms with Crippen molar-refractivity contribution in [1.82, 2.24) is 4.90 Å². The molecule has 1 saturated heterocycles. The number of carboxylic acids is 1. The first-order valence-electron chi connectivity index (χ1n) is 6.83. The molecule has 0 aromatic heterocycles. The molecule has 0 bridgehead atoms. The van der Waals surface area contributed by atoms with Crippen molar-refractivity contribution in [1.29, 1.82) is 0 Å². The third-order valence-corrected chi connectivity index (χ3v) is 3.74. The SMILES string of the molecule is COc1ccc(C2CCCCN2CC(=O)O)cc1OC. The lowest BCUT2D eigenvalue weighted by Crippen LogP contribution is -2.37. The highest BCUT2D eigenvalue weighted by Crippen LogP contribution is 2.35. The summed E-state index contributed by atoms with van der Waals surface area (Å²) in [6.07, 6.45) is 3.15. The number of likely N-dealkylation sites (tertiary alicyclic amines) is 1. The van der Waals surface area contributed by atoms with E-state index in [4.69, 9.17) is 14.6 Å². The zero-order valence-corrected chi connectivity index (χ0v) is 12.0. The minimum absolute atomic E-state index is 0.0824. The lowest BCUT2D eigenvalue weighted by molar-refractivity contribution is -0.139. The Balaban J connectivity index is 2.25. The first-order chi connectivity index (χ1) is 9.65. The molecule has 1 aliphatic rings. The first kappa shape index (κ1) is 14.7. The first-order valence-corrected chi connectivity index (χ1v) is 6.83. The van der Waals surface area contributed by atoms with Gasteiger partial charge in [0.05, 0.1) is 20.8 Å². The molecule has 5 nitrogen and oxygen atoms in total. The number of piperidine rings is 1. The van der Waals surface area contributed by atoms with E-state index in [0.29, 0.717) is 11.5 Å². The molecule has 1 unspecified atom stereocenters. The van der Waals surface area contributed by atoms with Crippen LogP contribution in [-0.2, 0) is 4.79 Å². The van der Waals surface area contributed by atoms with Gasteiger partial charge in [-0.05, 0) is 37.1 Å². The molecule has 2 rings (SSSR count). The van der Waals surface area contributed by atoms with Gasteiger partial charge in [0.2, 0.25) is 0 Å². The summed E-state index contributed by atoms with van der Waals surface area (Å²) in [6, 6.07) is 5.96. The molecule has 0 aliphatic carbocycles. The number of carbonyl (C=O) groups is 1. The number of benzene rings is 1. The Bertz CT molecular complexity index is 475. The molecule has 110 valence electrons. The van der Waals surface area contributed by atoms with Crippen LogP contribution in [0, 0.1) is 0 Å². The molecule has 0 amide bonds. The second-order valence-electron chi connectivity index (χ2n) is 4.99. The van der Waals surface area contributed by atoms with E-state index in [1.54, 1.807) is 14.2 Å². The Hall–Kier alpha value is -1.75. The maximum atomic E-state index is 11.0. The van der Waals surface area contributed by atoms with Gasteiger partial charge in [0.25, 0.3) is 0 Å². The Kier molecular flexibility index (Phi) is 4.84. The Morgan fingerprint density at radius 1 is 1.30 bits per heavy atom. The van der Waals surface area contributed by atoms with E-state index in [0.717, 1.165) is 31.4 Å². The fourth-order valence-corrected chi connectivity index (χ4v) is 2.79. The van der Waals surface area contributed by atoms with Gasteiger partial charge in [-0.2, -0.15) is 0 Å². The quantitative estimate of drug-likeness (QED) is 0.896. The topological polar surface area (TPSA) is 59.0 Å². The van der Waals surface area contributed by atoms with Crippen molar-refractivity contribution >= 4 is 5.97 Å². The fraction of sp³-hybridized carbons (Fsp3) is 0.533. The largest absolute Gasteiger partial charge is 0.493 e. The van der Waals surface area contributed by atoms with E-state index in [1.165, 1.54) is 0 Å². The van der Waals surface area contributed by atoms with Gasteiger partial charge in [0, 0.05) is 6.04 Å². The van der Waals surface area contributed by atoms with Gasteiger partial charge in [-0.25, -0.2) is 0 Å². The lowest BCUT2D eigenvalue weighted by Gasteiger charge is -2.35. The second-order valence-corrected chi connectivity index (χ2v) is 4.99. The van der Waals surface area contributed by atoms with Gasteiger partial charge in [0.15, 0.2) is 11.5 Å². The van der Waals surface area contributed by atoms with E-state index in [9.17, 15) is 4.79 Å². The number of ether oxygens (including phenoxy) is 2. The van der Waals surface area contributed by atoms with Crippen molar-refractivity contribution in [3.8, 4) is 11.5 Å². The van der Waals surface area contributed by atoms with Gasteiger partial charge >= 0.3 is 5.97 Å². The number of aliphatic carboxylic acids is 1. The summed E-state index contributed by atoms with van der Waals surface area (Å²) in [7, 11) is 3.21. The van der Waals surface area contributed by atoms with E-state index in [2.05, 4.69) is 0 Å². The maximum Gasteiger partial charge on any atom is 0.317 e. The zero-order chi connectivity index (χ0) is 14.5. The smallest absolute Gasteiger partial charge is 0.317 e. The molecule has 0 radical (unpaired) electrons. The molecule has 1 aromatic carbocycles. The van der Waals surface area contributed by atoms with Crippen LogP contribution in [-0.4, -0.2) is 43.3 Å². The van der Waals surface area contributed by atoms with Crippen molar-refractivity contribution in [2.24, 2.45) is 0 Å². The normalized spacial score (nSPS) is 19.6. The van der Waals surface area contributed by atoms with Crippen LogP contribution < -0.4 is 9.47 Å². The maximum absolute atomic E-state index is 11.0. The molecule has 0 spiro atoms. The molecule has 5 heteroatoms. The van der Waals surface area contributed by atoms with Crippen LogP contribution in [0.25, 0.3) is 0 Å². The lowest BCUT2D eigenvalue weighted by atomic mass is 9.95. The van der Waals surface area contributed by atoms with E-state index in [1.807, 2.05) is 23.1 Å². The summed E-state index contributed by atoms with van der Waals surface area (Å²) < 4.78 is 10.6. The number of hydrogen-bond donors (Lipinski definition) is 1.